The van der Waals surface area contributed by atoms with E-state index in [1.807, 2.05) is 0 Å². The average molecular weight is 483 g/mol. The molecule has 0 radical (unpaired) electrons. The second-order valence-corrected chi connectivity index (χ2v) is 10.9. The molecule has 0 unspecified atom stereocenters. The lowest BCUT2D eigenvalue weighted by Gasteiger charge is -2.15. The van der Waals surface area contributed by atoms with E-state index in [1.165, 1.54) is 65.4 Å². The van der Waals surface area contributed by atoms with Crippen LogP contribution in [0.2, 0.25) is 0 Å². The van der Waals surface area contributed by atoms with Crippen molar-refractivity contribution in [3.05, 3.63) is 131 Å². The van der Waals surface area contributed by atoms with Gasteiger partial charge in [0.2, 0.25) is 0 Å². The second kappa shape index (κ2) is 8.49. The Balaban J connectivity index is 1.35. The molecule has 0 nitrogen and oxygen atoms in total. The molecular weight excluding hydrogens is 460 g/mol. The van der Waals surface area contributed by atoms with Crippen molar-refractivity contribution < 1.29 is 0 Å². The van der Waals surface area contributed by atoms with E-state index < -0.39 is 0 Å². The van der Waals surface area contributed by atoms with E-state index in [1.54, 1.807) is 22.7 Å². The summed E-state index contributed by atoms with van der Waals surface area (Å²) >= 11 is 3.58. The third kappa shape index (κ3) is 3.58. The van der Waals surface area contributed by atoms with Gasteiger partial charge in [0, 0.05) is 9.75 Å². The first kappa shape index (κ1) is 20.6. The highest BCUT2D eigenvalue weighted by Gasteiger charge is 2.25. The molecular formula is C33H22S2. The fraction of sp³-hybridized carbons (Fsp3) is 0.0303. The van der Waals surface area contributed by atoms with Gasteiger partial charge in [0.15, 0.2) is 0 Å². The highest BCUT2D eigenvalue weighted by molar-refractivity contribution is 7.13. The summed E-state index contributed by atoms with van der Waals surface area (Å²) in [5, 5.41) is 4.28. The van der Waals surface area contributed by atoms with Crippen molar-refractivity contribution in [2.45, 2.75) is 6.42 Å². The van der Waals surface area contributed by atoms with E-state index in [0.717, 1.165) is 6.42 Å². The molecule has 2 heterocycles. The molecule has 6 aromatic rings. The number of thiophene rings is 2. The Morgan fingerprint density at radius 2 is 0.971 bits per heavy atom. The zero-order valence-corrected chi connectivity index (χ0v) is 20.7. The largest absolute Gasteiger partial charge is 0.144 e. The molecule has 4 aromatic carbocycles. The third-order valence-electron chi connectivity index (χ3n) is 6.97. The molecule has 166 valence electrons. The number of fused-ring (bicyclic) bond motifs is 3. The summed E-state index contributed by atoms with van der Waals surface area (Å²) in [4.78, 5) is 2.63. The lowest BCUT2D eigenvalue weighted by molar-refractivity contribution is 1.26. The Hall–Kier alpha value is -3.72. The molecule has 0 spiro atoms. The smallest absolute Gasteiger partial charge is 0.0342 e. The van der Waals surface area contributed by atoms with Gasteiger partial charge in [-0.15, -0.1) is 22.7 Å². The van der Waals surface area contributed by atoms with E-state index in [9.17, 15) is 0 Å². The first-order valence-corrected chi connectivity index (χ1v) is 13.6. The van der Waals surface area contributed by atoms with Crippen LogP contribution in [0.15, 0.2) is 120 Å². The molecule has 0 bridgehead atoms. The Bertz CT molecular complexity index is 1620. The number of benzene rings is 4. The molecule has 0 amide bonds. The van der Waals surface area contributed by atoms with Crippen LogP contribution in [0.25, 0.3) is 54.3 Å². The molecule has 0 saturated heterocycles. The Morgan fingerprint density at radius 1 is 0.429 bits per heavy atom. The zero-order valence-electron chi connectivity index (χ0n) is 19.1. The first-order valence-electron chi connectivity index (χ1n) is 11.9. The third-order valence-corrected chi connectivity index (χ3v) is 8.81. The van der Waals surface area contributed by atoms with Crippen LogP contribution >= 0.6 is 22.7 Å². The standard InChI is InChI=1S/C33H22S2/c1-2-6-28-26(5-1)21-30-27(22-9-13-24(14-10-22)31-7-3-19-34-31)17-18-29(33(28)30)23-11-15-25(16-12-23)32-8-4-20-35-32/h1-20H,21H2. The molecule has 0 atom stereocenters. The summed E-state index contributed by atoms with van der Waals surface area (Å²) in [5.74, 6) is 0. The monoisotopic (exact) mass is 482 g/mol. The van der Waals surface area contributed by atoms with Crippen LogP contribution in [0.4, 0.5) is 0 Å². The molecule has 0 N–H and O–H groups in total. The number of rotatable bonds is 4. The fourth-order valence-electron chi connectivity index (χ4n) is 5.27. The topological polar surface area (TPSA) is 0 Å². The highest BCUT2D eigenvalue weighted by atomic mass is 32.1. The van der Waals surface area contributed by atoms with Crippen LogP contribution in [0.3, 0.4) is 0 Å². The van der Waals surface area contributed by atoms with Gasteiger partial charge >= 0.3 is 0 Å². The summed E-state index contributed by atoms with van der Waals surface area (Å²) in [7, 11) is 0. The van der Waals surface area contributed by atoms with E-state index >= 15 is 0 Å². The molecule has 1 aliphatic rings. The maximum absolute atomic E-state index is 2.33. The minimum absolute atomic E-state index is 0.981. The van der Waals surface area contributed by atoms with Gasteiger partial charge in [0.25, 0.3) is 0 Å². The SMILES string of the molecule is c1csc(-c2ccc(-c3ccc(-c4ccc(-c5cccs5)cc4)c4c3Cc3ccccc3-4)cc2)c1. The summed E-state index contributed by atoms with van der Waals surface area (Å²) < 4.78 is 0. The molecule has 2 heteroatoms. The minimum Gasteiger partial charge on any atom is -0.144 e. The van der Waals surface area contributed by atoms with Crippen LogP contribution in [0, 0.1) is 0 Å². The van der Waals surface area contributed by atoms with Gasteiger partial charge in [-0.05, 0) is 84.9 Å². The van der Waals surface area contributed by atoms with Crippen molar-refractivity contribution in [3.8, 4) is 54.3 Å². The van der Waals surface area contributed by atoms with E-state index in [2.05, 4.69) is 120 Å². The molecule has 0 aliphatic heterocycles. The maximum atomic E-state index is 2.33. The molecule has 0 fully saturated rings. The van der Waals surface area contributed by atoms with Gasteiger partial charge in [0.1, 0.15) is 0 Å². The number of hydrogen-bond donors (Lipinski definition) is 0. The van der Waals surface area contributed by atoms with Crippen LogP contribution in [-0.2, 0) is 6.42 Å². The molecule has 2 aromatic heterocycles. The predicted molar refractivity (Wildman–Crippen MR) is 152 cm³/mol. The molecule has 1 aliphatic carbocycles. The van der Waals surface area contributed by atoms with Crippen molar-refractivity contribution in [2.75, 3.05) is 0 Å². The van der Waals surface area contributed by atoms with Gasteiger partial charge in [0.05, 0.1) is 0 Å². The Labute approximate surface area is 213 Å². The van der Waals surface area contributed by atoms with Gasteiger partial charge in [-0.2, -0.15) is 0 Å². The summed E-state index contributed by atoms with van der Waals surface area (Å²) in [6.45, 7) is 0. The second-order valence-electron chi connectivity index (χ2n) is 8.96. The van der Waals surface area contributed by atoms with Gasteiger partial charge in [-0.25, -0.2) is 0 Å². The van der Waals surface area contributed by atoms with E-state index in [0.29, 0.717) is 0 Å². The van der Waals surface area contributed by atoms with Gasteiger partial charge in [-0.1, -0.05) is 97.1 Å². The quantitative estimate of drug-likeness (QED) is 0.234. The lowest BCUT2D eigenvalue weighted by atomic mass is 9.88. The summed E-state index contributed by atoms with van der Waals surface area (Å²) in [6, 6.07) is 40.3. The predicted octanol–water partition coefficient (Wildman–Crippen LogP) is 10.0. The maximum Gasteiger partial charge on any atom is 0.0342 e. The Kier molecular flexibility index (Phi) is 5.01. The highest BCUT2D eigenvalue weighted by Crippen LogP contribution is 2.47. The average Bonchev–Trinajstić information content (AvgIpc) is 3.70. The van der Waals surface area contributed by atoms with Crippen LogP contribution in [0.1, 0.15) is 11.1 Å². The van der Waals surface area contributed by atoms with Crippen LogP contribution < -0.4 is 0 Å². The van der Waals surface area contributed by atoms with Crippen LogP contribution in [-0.4, -0.2) is 0 Å². The lowest BCUT2D eigenvalue weighted by Crippen LogP contribution is -1.91. The van der Waals surface area contributed by atoms with Crippen molar-refractivity contribution >= 4 is 22.7 Å². The number of hydrogen-bond acceptors (Lipinski definition) is 2. The normalized spacial score (nSPS) is 11.9. The van der Waals surface area contributed by atoms with E-state index in [4.69, 9.17) is 0 Å². The van der Waals surface area contributed by atoms with Crippen molar-refractivity contribution in [1.82, 2.24) is 0 Å². The first-order chi connectivity index (χ1) is 17.3. The summed E-state index contributed by atoms with van der Waals surface area (Å²) in [6.07, 6.45) is 0.981. The van der Waals surface area contributed by atoms with Gasteiger partial charge < -0.3 is 0 Å². The molecule has 7 rings (SSSR count). The van der Waals surface area contributed by atoms with Gasteiger partial charge in [-0.3, -0.25) is 0 Å². The summed E-state index contributed by atoms with van der Waals surface area (Å²) in [5.41, 5.74) is 13.4. The van der Waals surface area contributed by atoms with E-state index in [-0.39, 0.29) is 0 Å². The molecule has 35 heavy (non-hydrogen) atoms. The van der Waals surface area contributed by atoms with Crippen molar-refractivity contribution in [2.24, 2.45) is 0 Å². The van der Waals surface area contributed by atoms with Crippen molar-refractivity contribution in [1.29, 1.82) is 0 Å². The Morgan fingerprint density at radius 3 is 1.57 bits per heavy atom. The fourth-order valence-corrected chi connectivity index (χ4v) is 6.74. The van der Waals surface area contributed by atoms with Crippen LogP contribution in [0.5, 0.6) is 0 Å². The van der Waals surface area contributed by atoms with Crippen molar-refractivity contribution in [3.63, 3.8) is 0 Å². The minimum atomic E-state index is 0.981. The molecule has 0 saturated carbocycles. The zero-order chi connectivity index (χ0) is 23.2.